The number of rotatable bonds is 2. The Hall–Kier alpha value is -0.350. The first-order valence-corrected chi connectivity index (χ1v) is 3.30. The molecule has 0 aliphatic rings. The summed E-state index contributed by atoms with van der Waals surface area (Å²) in [5, 5.41) is 3.95. The molecule has 0 unspecified atom stereocenters. The van der Waals surface area contributed by atoms with Gasteiger partial charge in [0.25, 0.3) is 0 Å². The van der Waals surface area contributed by atoms with E-state index in [-0.39, 0.29) is 0 Å². The van der Waals surface area contributed by atoms with Crippen molar-refractivity contribution in [2.45, 2.75) is 6.73 Å². The summed E-state index contributed by atoms with van der Waals surface area (Å²) < 4.78 is 7.48. The fourth-order valence-corrected chi connectivity index (χ4v) is 0.846. The second kappa shape index (κ2) is 2.98. The third-order valence-electron chi connectivity index (χ3n) is 0.916. The molecule has 1 aromatic heterocycles. The molecule has 0 N–H and O–H groups in total. The highest BCUT2D eigenvalue weighted by atomic mass is 79.9. The third-order valence-corrected chi connectivity index (χ3v) is 1.59. The minimum absolute atomic E-state index is 0.494. The van der Waals surface area contributed by atoms with Gasteiger partial charge in [-0.05, 0) is 22.0 Å². The summed E-state index contributed by atoms with van der Waals surface area (Å²) >= 11 is 3.29. The van der Waals surface area contributed by atoms with Gasteiger partial charge < -0.3 is 4.74 Å². The van der Waals surface area contributed by atoms with E-state index in [4.69, 9.17) is 4.74 Å². The molecule has 0 bridgehead atoms. The van der Waals surface area contributed by atoms with Gasteiger partial charge in [-0.1, -0.05) is 0 Å². The molecule has 0 aliphatic carbocycles. The maximum absolute atomic E-state index is 4.84. The normalized spacial score (nSPS) is 10.0. The van der Waals surface area contributed by atoms with Crippen molar-refractivity contribution in [3.8, 4) is 0 Å². The summed E-state index contributed by atoms with van der Waals surface area (Å²) in [5.41, 5.74) is 0. The van der Waals surface area contributed by atoms with Gasteiger partial charge in [0, 0.05) is 7.11 Å². The lowest BCUT2D eigenvalue weighted by Crippen LogP contribution is -2.00. The highest BCUT2D eigenvalue weighted by molar-refractivity contribution is 9.10. The molecule has 4 heteroatoms. The van der Waals surface area contributed by atoms with E-state index in [2.05, 4.69) is 21.0 Å². The molecule has 0 amide bonds. The number of nitrogens with zero attached hydrogens (tertiary/aromatic N) is 2. The molecule has 0 aliphatic heterocycles. The molecule has 3 nitrogen and oxygen atoms in total. The predicted octanol–water partition coefficient (Wildman–Crippen LogP) is 1.25. The zero-order chi connectivity index (χ0) is 6.69. The third kappa shape index (κ3) is 1.53. The molecule has 0 atom stereocenters. The summed E-state index contributed by atoms with van der Waals surface area (Å²) in [6.07, 6.45) is 1.71. The second-order valence-corrected chi connectivity index (χ2v) is 2.38. The number of ether oxygens (including phenoxy) is 1. The van der Waals surface area contributed by atoms with Gasteiger partial charge in [-0.25, -0.2) is 4.68 Å². The van der Waals surface area contributed by atoms with Gasteiger partial charge in [0.1, 0.15) is 11.3 Å². The molecule has 50 valence electrons. The Balaban J connectivity index is 2.69. The van der Waals surface area contributed by atoms with Crippen LogP contribution in [0, 0.1) is 0 Å². The van der Waals surface area contributed by atoms with E-state index in [0.29, 0.717) is 6.73 Å². The predicted molar refractivity (Wildman–Crippen MR) is 36.9 cm³/mol. The van der Waals surface area contributed by atoms with Crippen molar-refractivity contribution in [2.75, 3.05) is 7.11 Å². The largest absolute Gasteiger partial charge is 0.362 e. The highest BCUT2D eigenvalue weighted by Crippen LogP contribution is 2.06. The van der Waals surface area contributed by atoms with Crippen LogP contribution in [0.3, 0.4) is 0 Å². The first kappa shape index (κ1) is 6.77. The molecule has 0 radical (unpaired) electrons. The topological polar surface area (TPSA) is 27.1 Å². The smallest absolute Gasteiger partial charge is 0.140 e. The summed E-state index contributed by atoms with van der Waals surface area (Å²) in [4.78, 5) is 0. The Morgan fingerprint density at radius 1 is 1.89 bits per heavy atom. The van der Waals surface area contributed by atoms with Crippen LogP contribution >= 0.6 is 15.9 Å². The van der Waals surface area contributed by atoms with Crippen molar-refractivity contribution >= 4 is 15.9 Å². The Bertz CT molecular complexity index is 187. The number of aromatic nitrogens is 2. The van der Waals surface area contributed by atoms with Crippen LogP contribution in [-0.4, -0.2) is 16.9 Å². The summed E-state index contributed by atoms with van der Waals surface area (Å²) in [6.45, 7) is 0.494. The first-order chi connectivity index (χ1) is 4.34. The summed E-state index contributed by atoms with van der Waals surface area (Å²) in [6, 6.07) is 1.86. The average molecular weight is 191 g/mol. The average Bonchev–Trinajstić information content (AvgIpc) is 2.18. The van der Waals surface area contributed by atoms with Crippen LogP contribution in [-0.2, 0) is 11.5 Å². The zero-order valence-corrected chi connectivity index (χ0v) is 6.63. The van der Waals surface area contributed by atoms with E-state index in [1.54, 1.807) is 18.0 Å². The first-order valence-electron chi connectivity index (χ1n) is 2.51. The van der Waals surface area contributed by atoms with Crippen molar-refractivity contribution in [2.24, 2.45) is 0 Å². The van der Waals surface area contributed by atoms with E-state index in [0.717, 1.165) is 4.60 Å². The summed E-state index contributed by atoms with van der Waals surface area (Å²) in [5.74, 6) is 0. The Labute approximate surface area is 61.7 Å². The van der Waals surface area contributed by atoms with Gasteiger partial charge in [-0.15, -0.1) is 0 Å². The molecule has 0 saturated carbocycles. The number of halogens is 1. The zero-order valence-electron chi connectivity index (χ0n) is 5.04. The Morgan fingerprint density at radius 2 is 2.67 bits per heavy atom. The Kier molecular flexibility index (Phi) is 2.24. The molecule has 0 aromatic carbocycles. The van der Waals surface area contributed by atoms with Crippen molar-refractivity contribution < 1.29 is 4.74 Å². The minimum atomic E-state index is 0.494. The molecule has 1 rings (SSSR count). The van der Waals surface area contributed by atoms with Gasteiger partial charge in [0.2, 0.25) is 0 Å². The summed E-state index contributed by atoms with van der Waals surface area (Å²) in [7, 11) is 1.63. The van der Waals surface area contributed by atoms with E-state index >= 15 is 0 Å². The van der Waals surface area contributed by atoms with Gasteiger partial charge in [0.15, 0.2) is 0 Å². The molecule has 1 aromatic rings. The molecular formula is C5H7BrN2O. The van der Waals surface area contributed by atoms with Crippen LogP contribution in [0.1, 0.15) is 0 Å². The van der Waals surface area contributed by atoms with E-state index in [1.807, 2.05) is 6.07 Å². The molecule has 0 spiro atoms. The van der Waals surface area contributed by atoms with Crippen LogP contribution < -0.4 is 0 Å². The number of hydrogen-bond acceptors (Lipinski definition) is 2. The van der Waals surface area contributed by atoms with E-state index in [1.165, 1.54) is 0 Å². The molecule has 9 heavy (non-hydrogen) atoms. The lowest BCUT2D eigenvalue weighted by Gasteiger charge is -1.98. The quantitative estimate of drug-likeness (QED) is 0.703. The standard InChI is InChI=1S/C5H7BrN2O/c1-9-4-8-5(6)2-3-7-8/h2-3H,4H2,1H3. The minimum Gasteiger partial charge on any atom is -0.362 e. The van der Waals surface area contributed by atoms with Crippen molar-refractivity contribution in [1.29, 1.82) is 0 Å². The lowest BCUT2D eigenvalue weighted by atomic mass is 10.8. The number of methoxy groups -OCH3 is 1. The van der Waals surface area contributed by atoms with Crippen molar-refractivity contribution in [1.82, 2.24) is 9.78 Å². The molecular weight excluding hydrogens is 184 g/mol. The van der Waals surface area contributed by atoms with Crippen LogP contribution in [0.15, 0.2) is 16.9 Å². The van der Waals surface area contributed by atoms with Gasteiger partial charge >= 0.3 is 0 Å². The maximum atomic E-state index is 4.84. The van der Waals surface area contributed by atoms with Crippen LogP contribution in [0.5, 0.6) is 0 Å². The van der Waals surface area contributed by atoms with Crippen LogP contribution in [0.4, 0.5) is 0 Å². The van der Waals surface area contributed by atoms with Crippen molar-refractivity contribution in [3.05, 3.63) is 16.9 Å². The highest BCUT2D eigenvalue weighted by Gasteiger charge is 1.93. The molecule has 1 heterocycles. The van der Waals surface area contributed by atoms with Gasteiger partial charge in [0.05, 0.1) is 6.20 Å². The Morgan fingerprint density at radius 3 is 3.11 bits per heavy atom. The van der Waals surface area contributed by atoms with E-state index in [9.17, 15) is 0 Å². The van der Waals surface area contributed by atoms with Crippen LogP contribution in [0.2, 0.25) is 0 Å². The van der Waals surface area contributed by atoms with Gasteiger partial charge in [-0.3, -0.25) is 0 Å². The maximum Gasteiger partial charge on any atom is 0.140 e. The van der Waals surface area contributed by atoms with Crippen LogP contribution in [0.25, 0.3) is 0 Å². The van der Waals surface area contributed by atoms with E-state index < -0.39 is 0 Å². The molecule has 0 fully saturated rings. The SMILES string of the molecule is COCn1nccc1Br. The monoisotopic (exact) mass is 190 g/mol. The fourth-order valence-electron chi connectivity index (χ4n) is 0.534. The molecule has 0 saturated heterocycles. The van der Waals surface area contributed by atoms with Gasteiger partial charge in [-0.2, -0.15) is 5.10 Å². The van der Waals surface area contributed by atoms with Crippen molar-refractivity contribution in [3.63, 3.8) is 0 Å². The fraction of sp³-hybridized carbons (Fsp3) is 0.400. The number of hydrogen-bond donors (Lipinski definition) is 0. The lowest BCUT2D eigenvalue weighted by molar-refractivity contribution is 0.118. The second-order valence-electron chi connectivity index (χ2n) is 1.57.